The Kier molecular flexibility index (Phi) is 4.94. The van der Waals surface area contributed by atoms with E-state index in [1.54, 1.807) is 18.2 Å². The highest BCUT2D eigenvalue weighted by Crippen LogP contribution is 2.44. The minimum absolute atomic E-state index is 0.0164. The van der Waals surface area contributed by atoms with E-state index < -0.39 is 17.5 Å². The van der Waals surface area contributed by atoms with Gasteiger partial charge in [-0.15, -0.1) is 0 Å². The molecule has 3 N–H and O–H groups in total. The molecule has 0 radical (unpaired) electrons. The minimum atomic E-state index is -0.843. The van der Waals surface area contributed by atoms with Gasteiger partial charge in [0, 0.05) is 29.2 Å². The Hall–Kier alpha value is -3.26. The molecule has 0 aliphatic carbocycles. The Morgan fingerprint density at radius 1 is 1.16 bits per heavy atom. The van der Waals surface area contributed by atoms with Crippen LogP contribution in [-0.4, -0.2) is 35.4 Å². The number of hydrogen-bond donors (Lipinski definition) is 2. The average molecular weight is 424 g/mol. The molecule has 1 fully saturated rings. The number of benzene rings is 2. The molecule has 0 bridgehead atoms. The van der Waals surface area contributed by atoms with Gasteiger partial charge in [-0.3, -0.25) is 9.48 Å². The van der Waals surface area contributed by atoms with Crippen LogP contribution in [-0.2, 0) is 6.54 Å². The molecule has 3 aromatic rings. The van der Waals surface area contributed by atoms with Crippen LogP contribution in [0.1, 0.15) is 39.7 Å². The van der Waals surface area contributed by atoms with Crippen molar-refractivity contribution in [1.82, 2.24) is 15.1 Å². The van der Waals surface area contributed by atoms with Gasteiger partial charge in [-0.1, -0.05) is 6.07 Å². The summed E-state index contributed by atoms with van der Waals surface area (Å²) in [6, 6.07) is 9.34. The summed E-state index contributed by atoms with van der Waals surface area (Å²) < 4.78 is 35.3. The molecule has 6 nitrogen and oxygen atoms in total. The van der Waals surface area contributed by atoms with Gasteiger partial charge < -0.3 is 15.8 Å². The first-order valence-corrected chi connectivity index (χ1v) is 10.3. The van der Waals surface area contributed by atoms with Gasteiger partial charge in [0.1, 0.15) is 12.4 Å². The maximum absolute atomic E-state index is 14.0. The highest BCUT2D eigenvalue weighted by molar-refractivity contribution is 5.94. The van der Waals surface area contributed by atoms with Crippen LogP contribution < -0.4 is 15.8 Å². The van der Waals surface area contributed by atoms with Gasteiger partial charge in [0.15, 0.2) is 11.6 Å². The zero-order chi connectivity index (χ0) is 21.5. The molecular weight excluding hydrogens is 402 g/mol. The summed E-state index contributed by atoms with van der Waals surface area (Å²) in [7, 11) is 0. The number of rotatable bonds is 3. The molecule has 1 aromatic heterocycles. The molecule has 0 saturated carbocycles. The fourth-order valence-corrected chi connectivity index (χ4v) is 4.70. The summed E-state index contributed by atoms with van der Waals surface area (Å²) in [5.74, 6) is -1.57. The van der Waals surface area contributed by atoms with Crippen LogP contribution in [0, 0.1) is 11.6 Å². The summed E-state index contributed by atoms with van der Waals surface area (Å²) in [4.78, 5) is 11.6. The van der Waals surface area contributed by atoms with Crippen LogP contribution in [0.5, 0.6) is 5.75 Å². The molecule has 31 heavy (non-hydrogen) atoms. The molecule has 2 atom stereocenters. The number of halogens is 2. The number of aromatic nitrogens is 2. The molecule has 2 aliphatic heterocycles. The lowest BCUT2D eigenvalue weighted by molar-refractivity contribution is 0.1000. The molecule has 160 valence electrons. The maximum Gasteiger partial charge on any atom is 0.248 e. The molecule has 0 spiro atoms. The second-order valence-corrected chi connectivity index (χ2v) is 7.97. The van der Waals surface area contributed by atoms with Crippen LogP contribution in [0.15, 0.2) is 42.6 Å². The van der Waals surface area contributed by atoms with Gasteiger partial charge in [0.25, 0.3) is 0 Å². The normalized spacial score (nSPS) is 20.3. The smallest absolute Gasteiger partial charge is 0.248 e. The van der Waals surface area contributed by atoms with Crippen molar-refractivity contribution in [3.05, 3.63) is 70.9 Å². The van der Waals surface area contributed by atoms with E-state index in [2.05, 4.69) is 10.4 Å². The van der Waals surface area contributed by atoms with Crippen LogP contribution in [0.2, 0.25) is 0 Å². The molecule has 8 heteroatoms. The van der Waals surface area contributed by atoms with Crippen molar-refractivity contribution in [2.75, 3.05) is 19.7 Å². The van der Waals surface area contributed by atoms with E-state index in [1.165, 1.54) is 12.1 Å². The van der Waals surface area contributed by atoms with Gasteiger partial charge in [0.05, 0.1) is 18.4 Å². The SMILES string of the molecule is NC(=O)c1ccc2c(c1)OCCn1ncc([C@H]3CNCC[C@@H]3c3ccc(F)c(F)c3)c1-2. The Morgan fingerprint density at radius 2 is 2.03 bits per heavy atom. The van der Waals surface area contributed by atoms with Gasteiger partial charge >= 0.3 is 0 Å². The molecular formula is C23H22F2N4O2. The van der Waals surface area contributed by atoms with Crippen molar-refractivity contribution >= 4 is 5.91 Å². The van der Waals surface area contributed by atoms with E-state index in [-0.39, 0.29) is 11.8 Å². The van der Waals surface area contributed by atoms with Crippen molar-refractivity contribution in [3.8, 4) is 17.0 Å². The lowest BCUT2D eigenvalue weighted by Gasteiger charge is -2.33. The Bertz CT molecular complexity index is 1160. The van der Waals surface area contributed by atoms with E-state index in [0.29, 0.717) is 31.0 Å². The minimum Gasteiger partial charge on any atom is -0.491 e. The zero-order valence-electron chi connectivity index (χ0n) is 16.8. The van der Waals surface area contributed by atoms with Crippen molar-refractivity contribution in [2.24, 2.45) is 5.73 Å². The predicted octanol–water partition coefficient (Wildman–Crippen LogP) is 3.18. The summed E-state index contributed by atoms with van der Waals surface area (Å²) in [6.07, 6.45) is 2.65. The van der Waals surface area contributed by atoms with E-state index in [0.717, 1.165) is 35.3 Å². The van der Waals surface area contributed by atoms with Crippen molar-refractivity contribution < 1.29 is 18.3 Å². The number of nitrogens with one attached hydrogen (secondary N) is 1. The summed E-state index contributed by atoms with van der Waals surface area (Å²) in [5, 5.41) is 8.01. The molecule has 1 amide bonds. The first-order valence-electron chi connectivity index (χ1n) is 10.3. The van der Waals surface area contributed by atoms with Crippen LogP contribution in [0.25, 0.3) is 11.3 Å². The number of nitrogens with two attached hydrogens (primary N) is 1. The van der Waals surface area contributed by atoms with Crippen LogP contribution >= 0.6 is 0 Å². The van der Waals surface area contributed by atoms with Gasteiger partial charge in [-0.2, -0.15) is 5.10 Å². The highest BCUT2D eigenvalue weighted by atomic mass is 19.2. The number of piperidine rings is 1. The lowest BCUT2D eigenvalue weighted by Crippen LogP contribution is -2.34. The fourth-order valence-electron chi connectivity index (χ4n) is 4.70. The van der Waals surface area contributed by atoms with Gasteiger partial charge in [-0.05, 0) is 54.8 Å². The lowest BCUT2D eigenvalue weighted by atomic mass is 9.77. The number of hydrogen-bond acceptors (Lipinski definition) is 4. The van der Waals surface area contributed by atoms with E-state index in [1.807, 2.05) is 16.9 Å². The Labute approximate surface area is 178 Å². The third kappa shape index (κ3) is 3.46. The molecule has 1 saturated heterocycles. The largest absolute Gasteiger partial charge is 0.491 e. The number of primary amides is 1. The second kappa shape index (κ2) is 7.77. The quantitative estimate of drug-likeness (QED) is 0.677. The average Bonchev–Trinajstić information content (AvgIpc) is 3.10. The van der Waals surface area contributed by atoms with E-state index in [9.17, 15) is 13.6 Å². The summed E-state index contributed by atoms with van der Waals surface area (Å²) in [5.41, 5.74) is 9.37. The van der Waals surface area contributed by atoms with E-state index >= 15 is 0 Å². The summed E-state index contributed by atoms with van der Waals surface area (Å²) >= 11 is 0. The Balaban J connectivity index is 1.61. The first-order chi connectivity index (χ1) is 15.0. The highest BCUT2D eigenvalue weighted by Gasteiger charge is 2.33. The third-order valence-electron chi connectivity index (χ3n) is 6.20. The standard InChI is InChI=1S/C23H22F2N4O2/c24-19-4-2-13(9-20(19)25)15-5-6-27-11-17(15)18-12-28-29-7-8-31-21-10-14(23(26)30)1-3-16(21)22(18)29/h1-4,9-10,12,15,17,27H,5-8,11H2,(H2,26,30)/t15-,17+/m1/s1. The molecule has 2 aliphatic rings. The molecule has 5 rings (SSSR count). The number of fused-ring (bicyclic) bond motifs is 3. The number of carbonyl (C=O) groups is 1. The van der Waals surface area contributed by atoms with Crippen molar-refractivity contribution in [2.45, 2.75) is 24.8 Å². The number of carbonyl (C=O) groups excluding carboxylic acids is 1. The number of nitrogens with zero attached hydrogens (tertiary/aromatic N) is 2. The first kappa shape index (κ1) is 19.7. The molecule has 0 unspecified atom stereocenters. The summed E-state index contributed by atoms with van der Waals surface area (Å²) in [6.45, 7) is 2.47. The van der Waals surface area contributed by atoms with Gasteiger partial charge in [0.2, 0.25) is 5.91 Å². The number of ether oxygens (including phenoxy) is 1. The Morgan fingerprint density at radius 3 is 2.84 bits per heavy atom. The third-order valence-corrected chi connectivity index (χ3v) is 6.20. The van der Waals surface area contributed by atoms with Crippen LogP contribution in [0.4, 0.5) is 8.78 Å². The van der Waals surface area contributed by atoms with Crippen LogP contribution in [0.3, 0.4) is 0 Å². The predicted molar refractivity (Wildman–Crippen MR) is 111 cm³/mol. The molecule has 3 heterocycles. The monoisotopic (exact) mass is 424 g/mol. The number of amides is 1. The zero-order valence-corrected chi connectivity index (χ0v) is 16.8. The molecule has 2 aromatic carbocycles. The van der Waals surface area contributed by atoms with Crippen molar-refractivity contribution in [1.29, 1.82) is 0 Å². The van der Waals surface area contributed by atoms with E-state index in [4.69, 9.17) is 10.5 Å². The second-order valence-electron chi connectivity index (χ2n) is 7.97. The van der Waals surface area contributed by atoms with Gasteiger partial charge in [-0.25, -0.2) is 8.78 Å². The van der Waals surface area contributed by atoms with Crippen molar-refractivity contribution in [3.63, 3.8) is 0 Å². The maximum atomic E-state index is 14.0. The fraction of sp³-hybridized carbons (Fsp3) is 0.304. The topological polar surface area (TPSA) is 82.2 Å².